The van der Waals surface area contributed by atoms with Crippen molar-refractivity contribution in [2.75, 3.05) is 5.32 Å². The van der Waals surface area contributed by atoms with Gasteiger partial charge in [-0.05, 0) is 58.7 Å². The van der Waals surface area contributed by atoms with Crippen LogP contribution < -0.4 is 10.5 Å². The number of anilines is 1. The van der Waals surface area contributed by atoms with Crippen molar-refractivity contribution >= 4 is 48.9 Å². The Labute approximate surface area is 129 Å². The molecule has 2 rings (SSSR count). The lowest BCUT2D eigenvalue weighted by Crippen LogP contribution is -2.13. The van der Waals surface area contributed by atoms with Crippen LogP contribution in [0.25, 0.3) is 0 Å². The normalized spacial score (nSPS) is 11.3. The highest BCUT2D eigenvalue weighted by Crippen LogP contribution is 2.28. The summed E-state index contributed by atoms with van der Waals surface area (Å²) in [6.45, 7) is 1.90. The number of nitrogens with two attached hydrogens (primary N) is 1. The standard InChI is InChI=1S/C12H11BrN2O3S2/c1-7-6-10(19-11(7)13)12(16)15-8-2-4-9(5-3-8)20(14,17)18/h2-6H,1H3,(H,15,16)(H2,14,17,18). The number of primary sulfonamides is 1. The molecule has 20 heavy (non-hydrogen) atoms. The minimum absolute atomic E-state index is 0.00483. The van der Waals surface area contributed by atoms with Gasteiger partial charge in [0.2, 0.25) is 10.0 Å². The maximum absolute atomic E-state index is 12.0. The van der Waals surface area contributed by atoms with Crippen LogP contribution in [0.2, 0.25) is 0 Å². The molecule has 0 aliphatic carbocycles. The lowest BCUT2D eigenvalue weighted by Gasteiger charge is -2.04. The number of sulfonamides is 1. The Balaban J connectivity index is 2.16. The third-order valence-electron chi connectivity index (χ3n) is 2.52. The second-order valence-corrected chi connectivity index (χ2v) is 8.02. The zero-order valence-corrected chi connectivity index (χ0v) is 13.6. The van der Waals surface area contributed by atoms with E-state index in [1.165, 1.54) is 35.6 Å². The SMILES string of the molecule is Cc1cc(C(=O)Nc2ccc(S(N)(=O)=O)cc2)sc1Br. The van der Waals surface area contributed by atoms with Gasteiger partial charge in [0.1, 0.15) is 0 Å². The van der Waals surface area contributed by atoms with Crippen LogP contribution in [0.1, 0.15) is 15.2 Å². The Morgan fingerprint density at radius 2 is 1.90 bits per heavy atom. The summed E-state index contributed by atoms with van der Waals surface area (Å²) in [5.74, 6) is -0.243. The number of halogens is 1. The van der Waals surface area contributed by atoms with Gasteiger partial charge in [-0.3, -0.25) is 4.79 Å². The number of aryl methyl sites for hydroxylation is 1. The third-order valence-corrected chi connectivity index (χ3v) is 5.59. The van der Waals surface area contributed by atoms with Gasteiger partial charge in [-0.15, -0.1) is 11.3 Å². The Hall–Kier alpha value is -1.22. The molecule has 1 heterocycles. The minimum Gasteiger partial charge on any atom is -0.321 e. The lowest BCUT2D eigenvalue weighted by molar-refractivity contribution is 0.103. The topological polar surface area (TPSA) is 89.3 Å². The van der Waals surface area contributed by atoms with E-state index in [1.807, 2.05) is 6.92 Å². The molecule has 0 aliphatic rings. The first-order valence-corrected chi connectivity index (χ1v) is 8.63. The van der Waals surface area contributed by atoms with E-state index in [-0.39, 0.29) is 10.8 Å². The van der Waals surface area contributed by atoms with Crippen molar-refractivity contribution < 1.29 is 13.2 Å². The fraction of sp³-hybridized carbons (Fsp3) is 0.0833. The number of carbonyl (C=O) groups excluding carboxylic acids is 1. The maximum Gasteiger partial charge on any atom is 0.265 e. The van der Waals surface area contributed by atoms with E-state index >= 15 is 0 Å². The molecule has 1 aromatic heterocycles. The van der Waals surface area contributed by atoms with Crippen LogP contribution in [-0.4, -0.2) is 14.3 Å². The Morgan fingerprint density at radius 1 is 1.30 bits per heavy atom. The van der Waals surface area contributed by atoms with Gasteiger partial charge in [0.05, 0.1) is 13.6 Å². The molecule has 5 nitrogen and oxygen atoms in total. The second-order valence-electron chi connectivity index (χ2n) is 4.09. The number of carbonyl (C=O) groups is 1. The van der Waals surface area contributed by atoms with E-state index in [1.54, 1.807) is 6.07 Å². The van der Waals surface area contributed by atoms with E-state index < -0.39 is 10.0 Å². The molecule has 0 atom stereocenters. The average Bonchev–Trinajstić information content (AvgIpc) is 2.69. The first kappa shape index (κ1) is 15.2. The number of thiophene rings is 1. The summed E-state index contributed by atoms with van der Waals surface area (Å²) < 4.78 is 23.1. The first-order valence-electron chi connectivity index (χ1n) is 5.47. The monoisotopic (exact) mass is 374 g/mol. The molecule has 0 unspecified atom stereocenters. The van der Waals surface area contributed by atoms with Crippen molar-refractivity contribution in [1.29, 1.82) is 0 Å². The summed E-state index contributed by atoms with van der Waals surface area (Å²) in [5.41, 5.74) is 1.49. The van der Waals surface area contributed by atoms with Crippen LogP contribution in [0.3, 0.4) is 0 Å². The van der Waals surface area contributed by atoms with Gasteiger partial charge in [-0.2, -0.15) is 0 Å². The zero-order chi connectivity index (χ0) is 14.9. The van der Waals surface area contributed by atoms with Gasteiger partial charge in [0.25, 0.3) is 5.91 Å². The van der Waals surface area contributed by atoms with Gasteiger partial charge in [-0.25, -0.2) is 13.6 Å². The van der Waals surface area contributed by atoms with Gasteiger partial charge in [0.15, 0.2) is 0 Å². The molecule has 0 saturated carbocycles. The molecule has 0 spiro atoms. The van der Waals surface area contributed by atoms with Gasteiger partial charge in [0, 0.05) is 5.69 Å². The minimum atomic E-state index is -3.72. The molecule has 0 bridgehead atoms. The number of hydrogen-bond acceptors (Lipinski definition) is 4. The van der Waals surface area contributed by atoms with E-state index in [2.05, 4.69) is 21.2 Å². The first-order chi connectivity index (χ1) is 9.27. The number of rotatable bonds is 3. The van der Waals surface area contributed by atoms with Crippen molar-refractivity contribution in [2.24, 2.45) is 5.14 Å². The van der Waals surface area contributed by atoms with Crippen LogP contribution in [0, 0.1) is 6.92 Å². The average molecular weight is 375 g/mol. The molecule has 3 N–H and O–H groups in total. The molecule has 0 saturated heterocycles. The molecule has 2 aromatic rings. The summed E-state index contributed by atoms with van der Waals surface area (Å²) in [4.78, 5) is 12.6. The largest absolute Gasteiger partial charge is 0.321 e. The number of amides is 1. The van der Waals surface area contributed by atoms with E-state index in [0.717, 1.165) is 9.35 Å². The summed E-state index contributed by atoms with van der Waals surface area (Å²) in [7, 11) is -3.72. The lowest BCUT2D eigenvalue weighted by atomic mass is 10.3. The Kier molecular flexibility index (Phi) is 4.28. The quantitative estimate of drug-likeness (QED) is 0.865. The molecule has 1 amide bonds. The van der Waals surface area contributed by atoms with Crippen molar-refractivity contribution in [3.05, 3.63) is 44.6 Å². The summed E-state index contributed by atoms with van der Waals surface area (Å²) in [6.07, 6.45) is 0. The van der Waals surface area contributed by atoms with Crippen LogP contribution in [0.5, 0.6) is 0 Å². The Bertz CT molecular complexity index is 732. The van der Waals surface area contributed by atoms with Crippen LogP contribution >= 0.6 is 27.3 Å². The fourth-order valence-corrected chi connectivity index (χ4v) is 3.44. The fourth-order valence-electron chi connectivity index (χ4n) is 1.49. The Morgan fingerprint density at radius 3 is 2.35 bits per heavy atom. The van der Waals surface area contributed by atoms with Gasteiger partial charge >= 0.3 is 0 Å². The van der Waals surface area contributed by atoms with Crippen LogP contribution in [0.4, 0.5) is 5.69 Å². The number of nitrogens with one attached hydrogen (secondary N) is 1. The molecule has 0 radical (unpaired) electrons. The number of benzene rings is 1. The highest BCUT2D eigenvalue weighted by molar-refractivity contribution is 9.11. The molecule has 0 fully saturated rings. The molecular weight excluding hydrogens is 364 g/mol. The summed E-state index contributed by atoms with van der Waals surface area (Å²) in [5, 5.41) is 7.69. The van der Waals surface area contributed by atoms with Crippen LogP contribution in [-0.2, 0) is 10.0 Å². The predicted molar refractivity (Wildman–Crippen MR) is 82.5 cm³/mol. The number of hydrogen-bond donors (Lipinski definition) is 2. The van der Waals surface area contributed by atoms with Crippen molar-refractivity contribution in [1.82, 2.24) is 0 Å². The van der Waals surface area contributed by atoms with Crippen molar-refractivity contribution in [2.45, 2.75) is 11.8 Å². The second kappa shape index (κ2) is 5.65. The van der Waals surface area contributed by atoms with E-state index in [0.29, 0.717) is 10.6 Å². The smallest absolute Gasteiger partial charge is 0.265 e. The molecule has 8 heteroatoms. The predicted octanol–water partition coefficient (Wildman–Crippen LogP) is 2.72. The summed E-state index contributed by atoms with van der Waals surface area (Å²) in [6, 6.07) is 7.46. The highest BCUT2D eigenvalue weighted by atomic mass is 79.9. The highest BCUT2D eigenvalue weighted by Gasteiger charge is 2.12. The van der Waals surface area contributed by atoms with E-state index in [9.17, 15) is 13.2 Å². The summed E-state index contributed by atoms with van der Waals surface area (Å²) >= 11 is 4.70. The van der Waals surface area contributed by atoms with E-state index in [4.69, 9.17) is 5.14 Å². The zero-order valence-electron chi connectivity index (χ0n) is 10.4. The van der Waals surface area contributed by atoms with Gasteiger partial charge < -0.3 is 5.32 Å². The maximum atomic E-state index is 12.0. The van der Waals surface area contributed by atoms with Crippen LogP contribution in [0.15, 0.2) is 39.0 Å². The van der Waals surface area contributed by atoms with Crippen molar-refractivity contribution in [3.63, 3.8) is 0 Å². The molecule has 1 aromatic carbocycles. The third kappa shape index (κ3) is 3.45. The molecular formula is C12H11BrN2O3S2. The molecule has 106 valence electrons. The van der Waals surface area contributed by atoms with Gasteiger partial charge in [-0.1, -0.05) is 0 Å². The van der Waals surface area contributed by atoms with Crippen molar-refractivity contribution in [3.8, 4) is 0 Å². The molecule has 0 aliphatic heterocycles.